The minimum absolute atomic E-state index is 0.646. The summed E-state index contributed by atoms with van der Waals surface area (Å²) >= 11 is 0. The monoisotopic (exact) mass is 1490 g/mol. The molecule has 21 aromatic carbocycles. The Kier molecular flexibility index (Phi) is 16.8. The number of hydrogen-bond donors (Lipinski definition) is 0. The molecular formula is C111H69N3O3. The Morgan fingerprint density at radius 3 is 0.752 bits per heavy atom. The van der Waals surface area contributed by atoms with Crippen LogP contribution in [-0.2, 0) is 0 Å². The number of hydrogen-bond acceptors (Lipinski definition) is 6. The van der Waals surface area contributed by atoms with E-state index in [9.17, 15) is 0 Å². The van der Waals surface area contributed by atoms with Crippen molar-refractivity contribution in [2.75, 3.05) is 0 Å². The Labute approximate surface area is 673 Å². The fraction of sp³-hybridized carbons (Fsp3) is 0. The van der Waals surface area contributed by atoms with Crippen molar-refractivity contribution in [1.82, 2.24) is 15.0 Å². The molecule has 0 atom stereocenters. The van der Waals surface area contributed by atoms with Crippen LogP contribution >= 0.6 is 0 Å². The Balaban J connectivity index is 0.000000106. The molecule has 6 heteroatoms. The molecule has 3 aromatic heterocycles. The molecule has 3 heterocycles. The molecule has 0 aliphatic heterocycles. The molecule has 546 valence electrons. The summed E-state index contributed by atoms with van der Waals surface area (Å²) in [5, 5.41) is 22.0. The molecule has 0 saturated carbocycles. The highest BCUT2D eigenvalue weighted by atomic mass is 16.4. The van der Waals surface area contributed by atoms with E-state index in [0.29, 0.717) is 17.7 Å². The van der Waals surface area contributed by atoms with Crippen molar-refractivity contribution in [3.63, 3.8) is 0 Å². The van der Waals surface area contributed by atoms with Gasteiger partial charge in [-0.15, -0.1) is 0 Å². The molecule has 0 fully saturated rings. The predicted molar refractivity (Wildman–Crippen MR) is 489 cm³/mol. The lowest BCUT2D eigenvalue weighted by Gasteiger charge is -2.19. The molecule has 24 rings (SSSR count). The minimum atomic E-state index is 0.646. The van der Waals surface area contributed by atoms with Crippen molar-refractivity contribution < 1.29 is 13.3 Å². The summed E-state index contributed by atoms with van der Waals surface area (Å²) in [4.78, 5) is 14.3. The van der Waals surface area contributed by atoms with E-state index in [-0.39, 0.29) is 0 Å². The Morgan fingerprint density at radius 2 is 0.385 bits per heavy atom. The van der Waals surface area contributed by atoms with E-state index in [1.165, 1.54) is 148 Å². The second kappa shape index (κ2) is 28.8. The maximum Gasteiger partial charge on any atom is 0.227 e. The largest absolute Gasteiger partial charge is 0.436 e. The first-order chi connectivity index (χ1) is 58.1. The molecule has 0 bridgehead atoms. The molecular weight excluding hydrogens is 1420 g/mol. The Hall–Kier alpha value is -15.6. The van der Waals surface area contributed by atoms with Crippen LogP contribution in [0.25, 0.3) is 231 Å². The van der Waals surface area contributed by atoms with Gasteiger partial charge in [0.05, 0.1) is 0 Å². The SMILES string of the molecule is c1ccc(-c2c3ccccc3c(-c3ccc(-c4nc5ccccc5o4)c4ccccc34)c3ccccc23)cc1.c1ccc(-c2c3ccccc3c(-c3ccc4cc(-c5nc6ccccc6o5)ccc4c3)c3ccccc23)cc1.c1ccc(-c2c3ccccc3c(-c3cccc4c(-c5nc6ccccc6o5)cccc34)c3ccccc23)cc1. The van der Waals surface area contributed by atoms with E-state index in [4.69, 9.17) is 23.2 Å². The van der Waals surface area contributed by atoms with Crippen LogP contribution in [-0.4, -0.2) is 15.0 Å². The molecule has 0 saturated heterocycles. The number of aromatic nitrogens is 3. The first-order valence-electron chi connectivity index (χ1n) is 39.7. The van der Waals surface area contributed by atoms with Gasteiger partial charge in [0.15, 0.2) is 16.7 Å². The van der Waals surface area contributed by atoms with Gasteiger partial charge in [-0.05, 0) is 230 Å². The lowest BCUT2D eigenvalue weighted by molar-refractivity contribution is 0.619. The molecule has 0 amide bonds. The first kappa shape index (κ1) is 68.2. The van der Waals surface area contributed by atoms with Crippen LogP contribution in [0.5, 0.6) is 0 Å². The zero-order valence-corrected chi connectivity index (χ0v) is 63.4. The molecule has 0 aliphatic rings. The van der Waals surface area contributed by atoms with Crippen molar-refractivity contribution in [1.29, 1.82) is 0 Å². The highest BCUT2D eigenvalue weighted by molar-refractivity contribution is 6.27. The van der Waals surface area contributed by atoms with Crippen LogP contribution < -0.4 is 0 Å². The van der Waals surface area contributed by atoms with Crippen molar-refractivity contribution in [2.45, 2.75) is 0 Å². The van der Waals surface area contributed by atoms with Gasteiger partial charge in [0.1, 0.15) is 16.6 Å². The van der Waals surface area contributed by atoms with Crippen LogP contribution in [0.3, 0.4) is 0 Å². The lowest BCUT2D eigenvalue weighted by atomic mass is 9.84. The number of benzene rings is 21. The van der Waals surface area contributed by atoms with Gasteiger partial charge < -0.3 is 13.3 Å². The third kappa shape index (κ3) is 11.9. The summed E-state index contributed by atoms with van der Waals surface area (Å²) in [6.07, 6.45) is 0. The highest BCUT2D eigenvalue weighted by Crippen LogP contribution is 2.50. The molecule has 6 nitrogen and oxygen atoms in total. The zero-order chi connectivity index (χ0) is 77.3. The third-order valence-corrected chi connectivity index (χ3v) is 23.1. The smallest absolute Gasteiger partial charge is 0.227 e. The number of fused-ring (bicyclic) bond motifs is 12. The van der Waals surface area contributed by atoms with E-state index in [1.54, 1.807) is 0 Å². The number of oxazole rings is 3. The quantitative estimate of drug-likeness (QED) is 0.134. The topological polar surface area (TPSA) is 78.1 Å². The average Bonchev–Trinajstić information content (AvgIpc) is 1.10. The minimum Gasteiger partial charge on any atom is -0.436 e. The Morgan fingerprint density at radius 1 is 0.145 bits per heavy atom. The van der Waals surface area contributed by atoms with Crippen LogP contribution in [0, 0.1) is 0 Å². The normalized spacial score (nSPS) is 11.6. The van der Waals surface area contributed by atoms with Crippen molar-refractivity contribution in [3.05, 3.63) is 419 Å². The number of para-hydroxylation sites is 6. The fourth-order valence-electron chi connectivity index (χ4n) is 17.9. The summed E-state index contributed by atoms with van der Waals surface area (Å²) in [5.74, 6) is 1.94. The summed E-state index contributed by atoms with van der Waals surface area (Å²) in [6, 6.07) is 148. The molecule has 0 N–H and O–H groups in total. The maximum absolute atomic E-state index is 6.20. The second-order valence-corrected chi connectivity index (χ2v) is 29.8. The standard InChI is InChI=1S/3C37H23NO/c1-2-12-24(13-3-1)35-28-14-4-6-16-30(28)36(31-17-7-5-15-29(31)35)27-20-10-19-26-25(27)18-11-21-32(26)37-38-33-22-8-9-23-34(33)39-37;1-2-10-24(11-3-1)35-29-12-4-6-14-31(29)36(32-15-7-5-13-30(32)35)27-20-18-26-23-28(21-19-25(26)22-27)37-38-33-16-8-9-17-34(33)39-37;1-2-12-24(13-3-1)35-27-16-6-8-18-29(27)36(30-19-9-7-17-28(30)35)31-22-23-32(26-15-5-4-14-25(26)31)37-38-33-20-10-11-21-34(33)39-37/h3*1-23H. The van der Waals surface area contributed by atoms with E-state index in [1.807, 2.05) is 72.8 Å². The van der Waals surface area contributed by atoms with Gasteiger partial charge in [0, 0.05) is 16.7 Å². The van der Waals surface area contributed by atoms with E-state index in [2.05, 4.69) is 351 Å². The first-order valence-corrected chi connectivity index (χ1v) is 39.7. The Bertz CT molecular complexity index is 7480. The summed E-state index contributed by atoms with van der Waals surface area (Å²) in [6.45, 7) is 0. The lowest BCUT2D eigenvalue weighted by Crippen LogP contribution is -1.92. The molecule has 0 radical (unpaired) electrons. The average molecular weight is 1490 g/mol. The number of rotatable bonds is 9. The summed E-state index contributed by atoms with van der Waals surface area (Å²) in [7, 11) is 0. The van der Waals surface area contributed by atoms with Crippen LogP contribution in [0.2, 0.25) is 0 Å². The van der Waals surface area contributed by atoms with Gasteiger partial charge in [-0.25, -0.2) is 15.0 Å². The van der Waals surface area contributed by atoms with E-state index < -0.39 is 0 Å². The summed E-state index contributed by atoms with van der Waals surface area (Å²) in [5.41, 5.74) is 22.9. The molecule has 0 spiro atoms. The molecule has 0 unspecified atom stereocenters. The van der Waals surface area contributed by atoms with Crippen molar-refractivity contribution in [3.8, 4) is 101 Å². The molecule has 24 aromatic rings. The number of nitrogens with zero attached hydrogens (tertiary/aromatic N) is 3. The van der Waals surface area contributed by atoms with Gasteiger partial charge >= 0.3 is 0 Å². The van der Waals surface area contributed by atoms with Gasteiger partial charge in [0.25, 0.3) is 0 Å². The molecule has 117 heavy (non-hydrogen) atoms. The molecule has 0 aliphatic carbocycles. The van der Waals surface area contributed by atoms with Crippen molar-refractivity contribution >= 4 is 130 Å². The zero-order valence-electron chi connectivity index (χ0n) is 63.4. The highest BCUT2D eigenvalue weighted by Gasteiger charge is 2.24. The summed E-state index contributed by atoms with van der Waals surface area (Å²) < 4.78 is 18.4. The predicted octanol–water partition coefficient (Wildman–Crippen LogP) is 30.9. The maximum atomic E-state index is 6.20. The second-order valence-electron chi connectivity index (χ2n) is 29.8. The van der Waals surface area contributed by atoms with Gasteiger partial charge in [0.2, 0.25) is 17.7 Å². The van der Waals surface area contributed by atoms with E-state index >= 15 is 0 Å². The van der Waals surface area contributed by atoms with Gasteiger partial charge in [-0.2, -0.15) is 0 Å². The van der Waals surface area contributed by atoms with Crippen LogP contribution in [0.1, 0.15) is 0 Å². The van der Waals surface area contributed by atoms with Gasteiger partial charge in [-0.1, -0.05) is 352 Å². The van der Waals surface area contributed by atoms with Crippen LogP contribution in [0.15, 0.2) is 432 Å². The van der Waals surface area contributed by atoms with Crippen LogP contribution in [0.4, 0.5) is 0 Å². The van der Waals surface area contributed by atoms with Gasteiger partial charge in [-0.3, -0.25) is 0 Å². The van der Waals surface area contributed by atoms with Crippen molar-refractivity contribution in [2.24, 2.45) is 0 Å². The fourth-order valence-corrected chi connectivity index (χ4v) is 17.9. The third-order valence-electron chi connectivity index (χ3n) is 23.1. The van der Waals surface area contributed by atoms with E-state index in [0.717, 1.165) is 66.1 Å².